The zero-order valence-electron chi connectivity index (χ0n) is 13.0. The number of hydrogen-bond acceptors (Lipinski definition) is 2. The van der Waals surface area contributed by atoms with Crippen LogP contribution in [0.1, 0.15) is 24.5 Å². The highest BCUT2D eigenvalue weighted by atomic mass is 35.5. The Hall–Kier alpha value is -1.45. The Morgan fingerprint density at radius 3 is 2.45 bits per heavy atom. The fraction of sp³-hybridized carbons (Fsp3) is 0.278. The Bertz CT molecular complexity index is 655. The number of carbonyl (C=O) groups excluding carboxylic acids is 1. The number of nitrogens with one attached hydrogen (secondary N) is 1. The lowest BCUT2D eigenvalue weighted by atomic mass is 10.2. The monoisotopic (exact) mass is 333 g/mol. The van der Waals surface area contributed by atoms with Crippen molar-refractivity contribution < 1.29 is 4.79 Å². The Morgan fingerprint density at radius 2 is 1.86 bits per heavy atom. The molecule has 1 unspecified atom stereocenters. The summed E-state index contributed by atoms with van der Waals surface area (Å²) in [6.07, 6.45) is 0.768. The van der Waals surface area contributed by atoms with Crippen molar-refractivity contribution in [3.8, 4) is 0 Å². The van der Waals surface area contributed by atoms with Crippen LogP contribution >= 0.6 is 23.4 Å². The fourth-order valence-electron chi connectivity index (χ4n) is 2.00. The van der Waals surface area contributed by atoms with Gasteiger partial charge in [-0.05, 0) is 50.1 Å². The molecule has 0 radical (unpaired) electrons. The molecule has 2 aromatic rings. The van der Waals surface area contributed by atoms with Gasteiger partial charge in [-0.15, -0.1) is 11.8 Å². The predicted octanol–water partition coefficient (Wildman–Crippen LogP) is 5.47. The van der Waals surface area contributed by atoms with Crippen LogP contribution in [0.4, 0.5) is 5.69 Å². The molecule has 116 valence electrons. The van der Waals surface area contributed by atoms with Crippen molar-refractivity contribution in [1.29, 1.82) is 0 Å². The first-order valence-electron chi connectivity index (χ1n) is 7.30. The molecule has 1 N–H and O–H groups in total. The van der Waals surface area contributed by atoms with Crippen LogP contribution in [0.5, 0.6) is 0 Å². The van der Waals surface area contributed by atoms with Gasteiger partial charge in [0.05, 0.1) is 5.25 Å². The normalized spacial score (nSPS) is 12.0. The van der Waals surface area contributed by atoms with Crippen LogP contribution in [0.25, 0.3) is 0 Å². The molecule has 1 atom stereocenters. The van der Waals surface area contributed by atoms with Crippen molar-refractivity contribution in [2.45, 2.75) is 37.3 Å². The number of thioether (sulfide) groups is 1. The topological polar surface area (TPSA) is 29.1 Å². The molecule has 2 aromatic carbocycles. The van der Waals surface area contributed by atoms with E-state index < -0.39 is 0 Å². The van der Waals surface area contributed by atoms with Gasteiger partial charge in [0.2, 0.25) is 5.91 Å². The minimum atomic E-state index is -0.122. The van der Waals surface area contributed by atoms with E-state index in [0.717, 1.165) is 22.6 Å². The molecule has 2 nitrogen and oxygen atoms in total. The molecule has 1 amide bonds. The van der Waals surface area contributed by atoms with Gasteiger partial charge in [-0.1, -0.05) is 42.3 Å². The van der Waals surface area contributed by atoms with E-state index >= 15 is 0 Å². The van der Waals surface area contributed by atoms with Crippen LogP contribution in [-0.4, -0.2) is 11.2 Å². The van der Waals surface area contributed by atoms with E-state index in [1.165, 1.54) is 5.56 Å². The first-order valence-corrected chi connectivity index (χ1v) is 8.55. The van der Waals surface area contributed by atoms with Crippen molar-refractivity contribution in [3.05, 3.63) is 58.6 Å². The van der Waals surface area contributed by atoms with Crippen LogP contribution in [-0.2, 0) is 4.79 Å². The number of benzene rings is 2. The van der Waals surface area contributed by atoms with Crippen LogP contribution in [0.2, 0.25) is 5.02 Å². The SMILES string of the molecule is CCC(Sc1ccc(C)cc1)C(=O)Nc1ccc(C)c(Cl)c1. The standard InChI is InChI=1S/C18H20ClNOS/c1-4-17(22-15-9-5-12(2)6-10-15)18(21)20-14-8-7-13(3)16(19)11-14/h5-11,17H,4H2,1-3H3,(H,20,21). The highest BCUT2D eigenvalue weighted by Gasteiger charge is 2.18. The summed E-state index contributed by atoms with van der Waals surface area (Å²) in [5, 5.41) is 3.49. The van der Waals surface area contributed by atoms with Crippen molar-refractivity contribution in [2.75, 3.05) is 5.32 Å². The van der Waals surface area contributed by atoms with Crippen molar-refractivity contribution in [2.24, 2.45) is 0 Å². The van der Waals surface area contributed by atoms with Gasteiger partial charge in [0.25, 0.3) is 0 Å². The molecule has 0 aliphatic carbocycles. The van der Waals surface area contributed by atoms with Gasteiger partial charge < -0.3 is 5.32 Å². The average Bonchev–Trinajstić information content (AvgIpc) is 2.50. The van der Waals surface area contributed by atoms with Crippen LogP contribution in [0.3, 0.4) is 0 Å². The molecule has 0 aliphatic heterocycles. The van der Waals surface area contributed by atoms with Crippen molar-refractivity contribution >= 4 is 35.0 Å². The Balaban J connectivity index is 2.04. The van der Waals surface area contributed by atoms with Gasteiger partial charge in [-0.25, -0.2) is 0 Å². The van der Waals surface area contributed by atoms with Crippen LogP contribution in [0, 0.1) is 13.8 Å². The minimum Gasteiger partial charge on any atom is -0.325 e. The van der Waals surface area contributed by atoms with Gasteiger partial charge >= 0.3 is 0 Å². The fourth-order valence-corrected chi connectivity index (χ4v) is 3.13. The summed E-state index contributed by atoms with van der Waals surface area (Å²) in [4.78, 5) is 13.5. The summed E-state index contributed by atoms with van der Waals surface area (Å²) in [6.45, 7) is 6.02. The molecule has 0 spiro atoms. The molecule has 0 aromatic heterocycles. The third kappa shape index (κ3) is 4.52. The third-order valence-corrected chi connectivity index (χ3v) is 5.19. The molecule has 0 bridgehead atoms. The maximum Gasteiger partial charge on any atom is 0.237 e. The highest BCUT2D eigenvalue weighted by Crippen LogP contribution is 2.27. The summed E-state index contributed by atoms with van der Waals surface area (Å²) in [7, 11) is 0. The molecular weight excluding hydrogens is 314 g/mol. The van der Waals surface area contributed by atoms with E-state index in [1.54, 1.807) is 17.8 Å². The Morgan fingerprint density at radius 1 is 1.18 bits per heavy atom. The summed E-state index contributed by atoms with van der Waals surface area (Å²) in [5.41, 5.74) is 2.96. The number of halogens is 1. The van der Waals surface area contributed by atoms with E-state index in [9.17, 15) is 4.79 Å². The molecule has 0 saturated carbocycles. The van der Waals surface area contributed by atoms with E-state index in [2.05, 4.69) is 36.5 Å². The third-order valence-electron chi connectivity index (χ3n) is 3.40. The smallest absolute Gasteiger partial charge is 0.237 e. The first kappa shape index (κ1) is 16.9. The molecule has 0 heterocycles. The number of hydrogen-bond donors (Lipinski definition) is 1. The second kappa shape index (κ2) is 7.70. The quantitative estimate of drug-likeness (QED) is 0.735. The lowest BCUT2D eigenvalue weighted by molar-refractivity contribution is -0.115. The molecule has 0 fully saturated rings. The second-order valence-electron chi connectivity index (χ2n) is 5.28. The van der Waals surface area contributed by atoms with Crippen molar-refractivity contribution in [1.82, 2.24) is 0 Å². The summed E-state index contributed by atoms with van der Waals surface area (Å²) >= 11 is 7.69. The summed E-state index contributed by atoms with van der Waals surface area (Å²) < 4.78 is 0. The predicted molar refractivity (Wildman–Crippen MR) is 95.9 cm³/mol. The van der Waals surface area contributed by atoms with Crippen LogP contribution in [0.15, 0.2) is 47.4 Å². The number of aryl methyl sites for hydroxylation is 2. The lowest BCUT2D eigenvalue weighted by Crippen LogP contribution is -2.24. The zero-order chi connectivity index (χ0) is 16.1. The number of rotatable bonds is 5. The Kier molecular flexibility index (Phi) is 5.92. The second-order valence-corrected chi connectivity index (χ2v) is 6.96. The summed E-state index contributed by atoms with van der Waals surface area (Å²) in [6, 6.07) is 13.8. The zero-order valence-corrected chi connectivity index (χ0v) is 14.6. The first-order chi connectivity index (χ1) is 10.5. The van der Waals surface area contributed by atoms with E-state index in [4.69, 9.17) is 11.6 Å². The molecule has 2 rings (SSSR count). The largest absolute Gasteiger partial charge is 0.325 e. The van der Waals surface area contributed by atoms with Crippen LogP contribution < -0.4 is 5.32 Å². The maximum absolute atomic E-state index is 12.4. The van der Waals surface area contributed by atoms with E-state index in [-0.39, 0.29) is 11.2 Å². The highest BCUT2D eigenvalue weighted by molar-refractivity contribution is 8.00. The molecule has 22 heavy (non-hydrogen) atoms. The average molecular weight is 334 g/mol. The molecule has 4 heteroatoms. The lowest BCUT2D eigenvalue weighted by Gasteiger charge is -2.15. The molecule has 0 aliphatic rings. The van der Waals surface area contributed by atoms with Gasteiger partial charge in [0, 0.05) is 15.6 Å². The van der Waals surface area contributed by atoms with E-state index in [1.807, 2.05) is 26.0 Å². The minimum absolute atomic E-state index is 0.00740. The van der Waals surface area contributed by atoms with Crippen molar-refractivity contribution in [3.63, 3.8) is 0 Å². The number of amides is 1. The maximum atomic E-state index is 12.4. The van der Waals surface area contributed by atoms with Gasteiger partial charge in [0.1, 0.15) is 0 Å². The summed E-state index contributed by atoms with van der Waals surface area (Å²) in [5.74, 6) is 0.00740. The number of anilines is 1. The van der Waals surface area contributed by atoms with E-state index in [0.29, 0.717) is 5.02 Å². The molecular formula is C18H20ClNOS. The Labute approximate surface area is 141 Å². The number of carbonyl (C=O) groups is 1. The van der Waals surface area contributed by atoms with Gasteiger partial charge in [-0.3, -0.25) is 4.79 Å². The van der Waals surface area contributed by atoms with Gasteiger partial charge in [-0.2, -0.15) is 0 Å². The molecule has 0 saturated heterocycles. The van der Waals surface area contributed by atoms with Gasteiger partial charge in [0.15, 0.2) is 0 Å².